The number of carbonyl (C=O) groups excluding carboxylic acids is 2. The van der Waals surface area contributed by atoms with Crippen molar-refractivity contribution < 1.29 is 29.0 Å². The Morgan fingerprint density at radius 3 is 2.00 bits per heavy atom. The van der Waals surface area contributed by atoms with E-state index in [1.54, 1.807) is 27.8 Å². The Labute approximate surface area is 200 Å². The number of carboxylic acids is 1. The van der Waals surface area contributed by atoms with Gasteiger partial charge in [0.15, 0.2) is 0 Å². The molecule has 0 saturated carbocycles. The molecule has 0 heterocycles. The standard InChI is InChI=1S/C26H32N2O6/c1-26(2,3)34-24(31)27(4)14-9-15-28(16-23(29)30)25(32)33-17-22-20-12-7-5-10-18(20)19-11-6-8-13-21(19)22/h5-8,10-13,22H,9,14-17H2,1-4H3,(H,29,30). The maximum Gasteiger partial charge on any atom is 0.410 e. The van der Waals surface area contributed by atoms with Crippen molar-refractivity contribution in [3.8, 4) is 11.1 Å². The predicted octanol–water partition coefficient (Wildman–Crippen LogP) is 4.58. The number of fused-ring (bicyclic) bond motifs is 3. The highest BCUT2D eigenvalue weighted by Gasteiger charge is 2.30. The topological polar surface area (TPSA) is 96.4 Å². The van der Waals surface area contributed by atoms with Gasteiger partial charge < -0.3 is 19.5 Å². The average Bonchev–Trinajstić information content (AvgIpc) is 3.09. The number of carboxylic acid groups (broad SMARTS) is 1. The molecule has 8 heteroatoms. The first kappa shape index (κ1) is 25.1. The number of hydrogen-bond acceptors (Lipinski definition) is 5. The van der Waals surface area contributed by atoms with Crippen LogP contribution in [-0.4, -0.2) is 72.0 Å². The Balaban J connectivity index is 1.60. The summed E-state index contributed by atoms with van der Waals surface area (Å²) in [5, 5.41) is 9.26. The fourth-order valence-electron chi connectivity index (χ4n) is 4.01. The first-order valence-electron chi connectivity index (χ1n) is 11.3. The summed E-state index contributed by atoms with van der Waals surface area (Å²) in [5.74, 6) is -1.24. The van der Waals surface area contributed by atoms with E-state index in [-0.39, 0.29) is 19.1 Å². The van der Waals surface area contributed by atoms with Crippen molar-refractivity contribution in [3.05, 3.63) is 59.7 Å². The zero-order chi connectivity index (χ0) is 24.9. The number of rotatable bonds is 8. The predicted molar refractivity (Wildman–Crippen MR) is 128 cm³/mol. The van der Waals surface area contributed by atoms with Gasteiger partial charge in [0.2, 0.25) is 0 Å². The summed E-state index contributed by atoms with van der Waals surface area (Å²) in [6.07, 6.45) is -0.782. The van der Waals surface area contributed by atoms with E-state index < -0.39 is 30.3 Å². The molecule has 2 aromatic rings. The summed E-state index contributed by atoms with van der Waals surface area (Å²) < 4.78 is 10.9. The third kappa shape index (κ3) is 6.27. The van der Waals surface area contributed by atoms with E-state index in [1.165, 1.54) is 4.90 Å². The Morgan fingerprint density at radius 1 is 0.912 bits per heavy atom. The van der Waals surface area contributed by atoms with Crippen molar-refractivity contribution in [1.29, 1.82) is 0 Å². The van der Waals surface area contributed by atoms with Crippen molar-refractivity contribution in [2.24, 2.45) is 0 Å². The molecule has 2 amide bonds. The van der Waals surface area contributed by atoms with Crippen molar-refractivity contribution in [2.75, 3.05) is 33.3 Å². The van der Waals surface area contributed by atoms with E-state index in [2.05, 4.69) is 0 Å². The third-order valence-corrected chi connectivity index (χ3v) is 5.55. The molecule has 1 aliphatic rings. The average molecular weight is 469 g/mol. The molecule has 0 spiro atoms. The number of carbonyl (C=O) groups is 3. The quantitative estimate of drug-likeness (QED) is 0.609. The lowest BCUT2D eigenvalue weighted by Crippen LogP contribution is -2.40. The van der Waals surface area contributed by atoms with E-state index in [1.807, 2.05) is 48.5 Å². The van der Waals surface area contributed by atoms with Gasteiger partial charge in [0.05, 0.1) is 0 Å². The van der Waals surface area contributed by atoms with Crippen molar-refractivity contribution >= 4 is 18.2 Å². The molecule has 34 heavy (non-hydrogen) atoms. The van der Waals surface area contributed by atoms with E-state index in [4.69, 9.17) is 9.47 Å². The van der Waals surface area contributed by atoms with E-state index in [0.717, 1.165) is 27.2 Å². The van der Waals surface area contributed by atoms with Gasteiger partial charge in [-0.1, -0.05) is 48.5 Å². The van der Waals surface area contributed by atoms with Gasteiger partial charge >= 0.3 is 18.2 Å². The molecule has 3 rings (SSSR count). The number of benzene rings is 2. The van der Waals surface area contributed by atoms with Crippen LogP contribution < -0.4 is 0 Å². The largest absolute Gasteiger partial charge is 0.480 e. The fourth-order valence-corrected chi connectivity index (χ4v) is 4.01. The molecule has 1 N–H and O–H groups in total. The molecule has 182 valence electrons. The highest BCUT2D eigenvalue weighted by atomic mass is 16.6. The van der Waals surface area contributed by atoms with Crippen LogP contribution >= 0.6 is 0 Å². The second-order valence-electron chi connectivity index (χ2n) is 9.37. The lowest BCUT2D eigenvalue weighted by Gasteiger charge is -2.26. The van der Waals surface area contributed by atoms with Crippen LogP contribution in [-0.2, 0) is 14.3 Å². The van der Waals surface area contributed by atoms with Gasteiger partial charge in [-0.2, -0.15) is 0 Å². The summed E-state index contributed by atoms with van der Waals surface area (Å²) in [6.45, 7) is 5.42. The summed E-state index contributed by atoms with van der Waals surface area (Å²) in [6, 6.07) is 16.0. The molecule has 1 aliphatic carbocycles. The minimum atomic E-state index is -1.13. The smallest absolute Gasteiger partial charge is 0.410 e. The van der Waals surface area contributed by atoms with Crippen molar-refractivity contribution in [1.82, 2.24) is 9.80 Å². The molecule has 0 fully saturated rings. The molecule has 0 aliphatic heterocycles. The van der Waals surface area contributed by atoms with Gasteiger partial charge in [-0.05, 0) is 49.4 Å². The fraction of sp³-hybridized carbons (Fsp3) is 0.423. The molecule has 8 nitrogen and oxygen atoms in total. The monoisotopic (exact) mass is 468 g/mol. The maximum absolute atomic E-state index is 12.8. The molecule has 2 aromatic carbocycles. The van der Waals surface area contributed by atoms with E-state index in [9.17, 15) is 19.5 Å². The van der Waals surface area contributed by atoms with Gasteiger partial charge in [-0.3, -0.25) is 9.69 Å². The van der Waals surface area contributed by atoms with Crippen LogP contribution in [0.15, 0.2) is 48.5 Å². The molecule has 0 radical (unpaired) electrons. The maximum atomic E-state index is 12.8. The van der Waals surface area contributed by atoms with Crippen LogP contribution in [0.5, 0.6) is 0 Å². The number of aliphatic carboxylic acids is 1. The van der Waals surface area contributed by atoms with Gasteiger partial charge in [-0.25, -0.2) is 9.59 Å². The van der Waals surface area contributed by atoms with Gasteiger partial charge in [0, 0.05) is 26.1 Å². The zero-order valence-corrected chi connectivity index (χ0v) is 20.1. The zero-order valence-electron chi connectivity index (χ0n) is 20.1. The summed E-state index contributed by atoms with van der Waals surface area (Å²) in [7, 11) is 1.60. The van der Waals surface area contributed by atoms with Crippen LogP contribution in [0.4, 0.5) is 9.59 Å². The summed E-state index contributed by atoms with van der Waals surface area (Å²) >= 11 is 0. The van der Waals surface area contributed by atoms with Gasteiger partial charge in [-0.15, -0.1) is 0 Å². The first-order valence-corrected chi connectivity index (χ1v) is 11.3. The first-order chi connectivity index (χ1) is 16.1. The normalized spacial score (nSPS) is 12.5. The van der Waals surface area contributed by atoms with Gasteiger partial charge in [0.1, 0.15) is 18.8 Å². The number of amides is 2. The number of nitrogens with zero attached hydrogens (tertiary/aromatic N) is 2. The van der Waals surface area contributed by atoms with Crippen LogP contribution in [0.25, 0.3) is 11.1 Å². The molecule has 0 aromatic heterocycles. The van der Waals surface area contributed by atoms with E-state index >= 15 is 0 Å². The minimum absolute atomic E-state index is 0.110. The van der Waals surface area contributed by atoms with Crippen LogP contribution in [0.3, 0.4) is 0 Å². The lowest BCUT2D eigenvalue weighted by molar-refractivity contribution is -0.138. The second kappa shape index (κ2) is 10.6. The number of ether oxygens (including phenoxy) is 2. The molecular formula is C26H32N2O6. The molecule has 0 saturated heterocycles. The van der Waals surface area contributed by atoms with Crippen LogP contribution in [0.1, 0.15) is 44.2 Å². The second-order valence-corrected chi connectivity index (χ2v) is 9.37. The molecular weight excluding hydrogens is 436 g/mol. The number of hydrogen-bond donors (Lipinski definition) is 1. The van der Waals surface area contributed by atoms with Gasteiger partial charge in [0.25, 0.3) is 0 Å². The lowest BCUT2D eigenvalue weighted by atomic mass is 9.98. The minimum Gasteiger partial charge on any atom is -0.480 e. The molecule has 0 unspecified atom stereocenters. The molecule has 0 bridgehead atoms. The van der Waals surface area contributed by atoms with Crippen molar-refractivity contribution in [2.45, 2.75) is 38.7 Å². The van der Waals surface area contributed by atoms with E-state index in [0.29, 0.717) is 13.0 Å². The Hall–Kier alpha value is -3.55. The SMILES string of the molecule is CN(CCCN(CC(=O)O)C(=O)OCC1c2ccccc2-c2ccccc21)C(=O)OC(C)(C)C. The highest BCUT2D eigenvalue weighted by Crippen LogP contribution is 2.44. The summed E-state index contributed by atoms with van der Waals surface area (Å²) in [5.41, 5.74) is 3.79. The Bertz CT molecular complexity index is 1000. The molecule has 0 atom stereocenters. The summed E-state index contributed by atoms with van der Waals surface area (Å²) in [4.78, 5) is 38.8. The van der Waals surface area contributed by atoms with Crippen LogP contribution in [0.2, 0.25) is 0 Å². The highest BCUT2D eigenvalue weighted by molar-refractivity contribution is 5.79. The Kier molecular flexibility index (Phi) is 7.81. The Morgan fingerprint density at radius 2 is 1.47 bits per heavy atom. The van der Waals surface area contributed by atoms with Crippen molar-refractivity contribution in [3.63, 3.8) is 0 Å². The third-order valence-electron chi connectivity index (χ3n) is 5.55. The van der Waals surface area contributed by atoms with Crippen LogP contribution in [0, 0.1) is 0 Å².